The van der Waals surface area contributed by atoms with E-state index < -0.39 is 17.4 Å². The number of amides is 3. The van der Waals surface area contributed by atoms with Crippen LogP contribution in [0, 0.1) is 6.92 Å². The van der Waals surface area contributed by atoms with Crippen LogP contribution in [0.4, 0.5) is 5.69 Å². The number of ether oxygens (including phenoxy) is 1. The van der Waals surface area contributed by atoms with Gasteiger partial charge in [0.1, 0.15) is 5.75 Å². The van der Waals surface area contributed by atoms with Gasteiger partial charge >= 0.3 is 0 Å². The first kappa shape index (κ1) is 16.8. The second-order valence-electron chi connectivity index (χ2n) is 5.88. The fourth-order valence-electron chi connectivity index (χ4n) is 2.16. The molecular weight excluding hydrogens is 298 g/mol. The van der Waals surface area contributed by atoms with Gasteiger partial charge in [-0.05, 0) is 31.5 Å². The molecule has 124 valence electrons. The van der Waals surface area contributed by atoms with E-state index in [1.165, 1.54) is 11.8 Å². The van der Waals surface area contributed by atoms with Crippen molar-refractivity contribution in [2.75, 3.05) is 26.0 Å². The first-order valence-electron chi connectivity index (χ1n) is 7.33. The Bertz CT molecular complexity index is 657. The molecule has 0 fully saturated rings. The maximum Gasteiger partial charge on any atom is 0.278 e. The summed E-state index contributed by atoms with van der Waals surface area (Å²) < 4.78 is 5.63. The maximum absolute atomic E-state index is 12.3. The van der Waals surface area contributed by atoms with Crippen LogP contribution < -0.4 is 15.4 Å². The van der Waals surface area contributed by atoms with Crippen LogP contribution in [0.5, 0.6) is 5.75 Å². The van der Waals surface area contributed by atoms with E-state index in [9.17, 15) is 14.4 Å². The normalized spacial score (nSPS) is 19.2. The molecule has 1 atom stereocenters. The van der Waals surface area contributed by atoms with Crippen LogP contribution in [-0.4, -0.2) is 48.9 Å². The van der Waals surface area contributed by atoms with Gasteiger partial charge in [0.2, 0.25) is 5.91 Å². The third-order valence-electron chi connectivity index (χ3n) is 3.69. The van der Waals surface area contributed by atoms with Crippen molar-refractivity contribution in [3.8, 4) is 5.75 Å². The lowest BCUT2D eigenvalue weighted by Gasteiger charge is -2.33. The summed E-state index contributed by atoms with van der Waals surface area (Å²) in [6.45, 7) is 3.45. The molecule has 1 aliphatic heterocycles. The van der Waals surface area contributed by atoms with Gasteiger partial charge in [-0.15, -0.1) is 0 Å². The van der Waals surface area contributed by atoms with Crippen LogP contribution in [0.15, 0.2) is 18.2 Å². The van der Waals surface area contributed by atoms with Crippen molar-refractivity contribution in [3.05, 3.63) is 23.8 Å². The fraction of sp³-hybridized carbons (Fsp3) is 0.438. The first-order chi connectivity index (χ1) is 10.7. The molecule has 0 aromatic heterocycles. The monoisotopic (exact) mass is 319 g/mol. The van der Waals surface area contributed by atoms with Crippen molar-refractivity contribution < 1.29 is 19.1 Å². The highest BCUT2D eigenvalue weighted by atomic mass is 16.5. The lowest BCUT2D eigenvalue weighted by Crippen LogP contribution is -2.59. The zero-order valence-corrected chi connectivity index (χ0v) is 13.7. The smallest absolute Gasteiger partial charge is 0.278 e. The number of carbonyl (C=O) groups is 3. The van der Waals surface area contributed by atoms with Gasteiger partial charge in [0, 0.05) is 27.1 Å². The lowest BCUT2D eigenvalue weighted by atomic mass is 10.0. The zero-order chi connectivity index (χ0) is 17.2. The highest BCUT2D eigenvalue weighted by Crippen LogP contribution is 2.34. The molecule has 3 amide bonds. The van der Waals surface area contributed by atoms with E-state index in [1.54, 1.807) is 26.2 Å². The molecule has 1 unspecified atom stereocenters. The van der Waals surface area contributed by atoms with E-state index in [0.717, 1.165) is 5.56 Å². The Morgan fingerprint density at radius 3 is 2.70 bits per heavy atom. The van der Waals surface area contributed by atoms with Gasteiger partial charge in [0.05, 0.1) is 5.69 Å². The predicted molar refractivity (Wildman–Crippen MR) is 85.2 cm³/mol. The van der Waals surface area contributed by atoms with Crippen LogP contribution in [-0.2, 0) is 14.4 Å². The average molecular weight is 319 g/mol. The summed E-state index contributed by atoms with van der Waals surface area (Å²) in [4.78, 5) is 37.5. The molecule has 1 aromatic rings. The van der Waals surface area contributed by atoms with Crippen molar-refractivity contribution in [1.29, 1.82) is 0 Å². The van der Waals surface area contributed by atoms with Crippen molar-refractivity contribution in [2.24, 2.45) is 0 Å². The summed E-state index contributed by atoms with van der Waals surface area (Å²) >= 11 is 0. The Labute approximate surface area is 135 Å². The molecule has 0 saturated carbocycles. The minimum atomic E-state index is -1.66. The van der Waals surface area contributed by atoms with Crippen LogP contribution in [0.1, 0.15) is 18.9 Å². The molecule has 0 spiro atoms. The number of nitrogens with one attached hydrogen (secondary N) is 2. The Morgan fingerprint density at radius 2 is 2.04 bits per heavy atom. The standard InChI is InChI=1S/C16H21N3O4/c1-10-5-6-12-11(9-10)18-15(22)16(2,23-12)14(21)17-8-7-13(20)19(3)4/h5-6,9H,7-8H2,1-4H3,(H,17,21)(H,18,22). The van der Waals surface area contributed by atoms with Gasteiger partial charge in [-0.25, -0.2) is 0 Å². The second-order valence-corrected chi connectivity index (χ2v) is 5.88. The highest BCUT2D eigenvalue weighted by molar-refractivity contribution is 6.15. The van der Waals surface area contributed by atoms with E-state index in [1.807, 2.05) is 13.0 Å². The van der Waals surface area contributed by atoms with E-state index in [4.69, 9.17) is 4.74 Å². The minimum Gasteiger partial charge on any atom is -0.466 e. The van der Waals surface area contributed by atoms with Gasteiger partial charge in [0.25, 0.3) is 17.4 Å². The maximum atomic E-state index is 12.3. The molecule has 1 aliphatic rings. The summed E-state index contributed by atoms with van der Waals surface area (Å²) in [6.07, 6.45) is 0.159. The van der Waals surface area contributed by atoms with Crippen molar-refractivity contribution in [1.82, 2.24) is 10.2 Å². The third kappa shape index (κ3) is 3.44. The molecule has 23 heavy (non-hydrogen) atoms. The second kappa shape index (κ2) is 6.28. The summed E-state index contributed by atoms with van der Waals surface area (Å²) in [5, 5.41) is 5.27. The lowest BCUT2D eigenvalue weighted by molar-refractivity contribution is -0.146. The number of nitrogens with zero attached hydrogens (tertiary/aromatic N) is 1. The number of hydrogen-bond donors (Lipinski definition) is 2. The van der Waals surface area contributed by atoms with E-state index in [-0.39, 0.29) is 18.9 Å². The molecular formula is C16H21N3O4. The quantitative estimate of drug-likeness (QED) is 0.799. The first-order valence-corrected chi connectivity index (χ1v) is 7.33. The Balaban J connectivity index is 2.06. The van der Waals surface area contributed by atoms with E-state index in [2.05, 4.69) is 10.6 Å². The SMILES string of the molecule is Cc1ccc2c(c1)NC(=O)C(C)(C(=O)NCCC(=O)N(C)C)O2. The van der Waals surface area contributed by atoms with Gasteiger partial charge in [-0.1, -0.05) is 6.07 Å². The number of fused-ring (bicyclic) bond motifs is 1. The Kier molecular flexibility index (Phi) is 4.58. The van der Waals surface area contributed by atoms with Crippen molar-refractivity contribution in [3.63, 3.8) is 0 Å². The van der Waals surface area contributed by atoms with Gasteiger partial charge in [-0.2, -0.15) is 0 Å². The molecule has 1 aromatic carbocycles. The van der Waals surface area contributed by atoms with Gasteiger partial charge < -0.3 is 20.3 Å². The van der Waals surface area contributed by atoms with Crippen LogP contribution in [0.3, 0.4) is 0 Å². The van der Waals surface area contributed by atoms with Gasteiger partial charge in [0.15, 0.2) is 0 Å². The highest BCUT2D eigenvalue weighted by Gasteiger charge is 2.47. The number of rotatable bonds is 4. The van der Waals surface area contributed by atoms with E-state index >= 15 is 0 Å². The molecule has 1 heterocycles. The summed E-state index contributed by atoms with van der Waals surface area (Å²) in [6, 6.07) is 5.33. The average Bonchev–Trinajstić information content (AvgIpc) is 2.48. The molecule has 0 saturated heterocycles. The number of hydrogen-bond acceptors (Lipinski definition) is 4. The number of carbonyl (C=O) groups excluding carboxylic acids is 3. The fourth-order valence-corrected chi connectivity index (χ4v) is 2.16. The van der Waals surface area contributed by atoms with E-state index in [0.29, 0.717) is 11.4 Å². The number of anilines is 1. The molecule has 7 heteroatoms. The third-order valence-corrected chi connectivity index (χ3v) is 3.69. The molecule has 0 radical (unpaired) electrons. The largest absolute Gasteiger partial charge is 0.466 e. The predicted octanol–water partition coefficient (Wildman–Crippen LogP) is 0.679. The Hall–Kier alpha value is -2.57. The molecule has 2 rings (SSSR count). The number of aryl methyl sites for hydroxylation is 1. The minimum absolute atomic E-state index is 0.106. The molecule has 0 aliphatic carbocycles. The molecule has 2 N–H and O–H groups in total. The summed E-state index contributed by atoms with van der Waals surface area (Å²) in [5.74, 6) is -0.776. The number of benzene rings is 1. The molecule has 7 nitrogen and oxygen atoms in total. The summed E-state index contributed by atoms with van der Waals surface area (Å²) in [5.41, 5.74) is -0.144. The van der Waals surface area contributed by atoms with Crippen LogP contribution in [0.2, 0.25) is 0 Å². The zero-order valence-electron chi connectivity index (χ0n) is 13.7. The van der Waals surface area contributed by atoms with Crippen molar-refractivity contribution in [2.45, 2.75) is 25.9 Å². The van der Waals surface area contributed by atoms with Crippen LogP contribution >= 0.6 is 0 Å². The van der Waals surface area contributed by atoms with Crippen molar-refractivity contribution >= 4 is 23.4 Å². The van der Waals surface area contributed by atoms with Gasteiger partial charge in [-0.3, -0.25) is 14.4 Å². The van der Waals surface area contributed by atoms with Crippen LogP contribution in [0.25, 0.3) is 0 Å². The summed E-state index contributed by atoms with van der Waals surface area (Å²) in [7, 11) is 3.28. The topological polar surface area (TPSA) is 87.7 Å². The Morgan fingerprint density at radius 1 is 1.35 bits per heavy atom. The molecule has 0 bridgehead atoms.